The SMILES string of the molecule is CCNC(=NCCS(=O)(=O)NCc1ccccc1)NC(C)COC.I. The zero-order valence-electron chi connectivity index (χ0n) is 15.0. The van der Waals surface area contributed by atoms with Crippen molar-refractivity contribution in [2.45, 2.75) is 26.4 Å². The third-order valence-electron chi connectivity index (χ3n) is 3.11. The molecule has 0 aliphatic carbocycles. The number of hydrogen-bond acceptors (Lipinski definition) is 4. The number of sulfonamides is 1. The first-order valence-electron chi connectivity index (χ1n) is 8.02. The molecule has 0 aliphatic heterocycles. The number of ether oxygens (including phenoxy) is 1. The highest BCUT2D eigenvalue weighted by molar-refractivity contribution is 14.0. The molecule has 0 heterocycles. The van der Waals surface area contributed by atoms with E-state index in [1.54, 1.807) is 7.11 Å². The molecule has 144 valence electrons. The highest BCUT2D eigenvalue weighted by Crippen LogP contribution is 1.98. The first-order chi connectivity index (χ1) is 11.5. The minimum atomic E-state index is -3.37. The van der Waals surface area contributed by atoms with E-state index in [9.17, 15) is 8.42 Å². The van der Waals surface area contributed by atoms with E-state index in [1.807, 2.05) is 44.2 Å². The Kier molecular flexibility index (Phi) is 12.8. The van der Waals surface area contributed by atoms with Crippen LogP contribution in [-0.4, -0.2) is 53.0 Å². The van der Waals surface area contributed by atoms with Crippen LogP contribution in [0.2, 0.25) is 0 Å². The Labute approximate surface area is 168 Å². The summed E-state index contributed by atoms with van der Waals surface area (Å²) in [4.78, 5) is 4.30. The molecule has 9 heteroatoms. The predicted molar refractivity (Wildman–Crippen MR) is 113 cm³/mol. The smallest absolute Gasteiger partial charge is 0.213 e. The molecule has 1 aromatic carbocycles. The van der Waals surface area contributed by atoms with Crippen LogP contribution in [0.3, 0.4) is 0 Å². The Balaban J connectivity index is 0.00000576. The molecule has 3 N–H and O–H groups in total. The number of hydrogen-bond donors (Lipinski definition) is 3. The molecule has 0 amide bonds. The second kappa shape index (κ2) is 13.3. The Morgan fingerprint density at radius 1 is 1.28 bits per heavy atom. The van der Waals surface area contributed by atoms with Gasteiger partial charge in [0.15, 0.2) is 5.96 Å². The highest BCUT2D eigenvalue weighted by Gasteiger charge is 2.10. The maximum atomic E-state index is 12.0. The molecule has 0 saturated carbocycles. The third-order valence-corrected chi connectivity index (χ3v) is 4.42. The number of benzene rings is 1. The van der Waals surface area contributed by atoms with Gasteiger partial charge in [-0.1, -0.05) is 30.3 Å². The summed E-state index contributed by atoms with van der Waals surface area (Å²) in [5.74, 6) is 0.523. The summed E-state index contributed by atoms with van der Waals surface area (Å²) >= 11 is 0. The zero-order chi connectivity index (χ0) is 17.8. The summed E-state index contributed by atoms with van der Waals surface area (Å²) in [5.41, 5.74) is 0.924. The number of aliphatic imine (C=N–C) groups is 1. The lowest BCUT2D eigenvalue weighted by Crippen LogP contribution is -2.44. The number of nitrogens with one attached hydrogen (secondary N) is 3. The molecular formula is C16H29IN4O3S. The van der Waals surface area contributed by atoms with Gasteiger partial charge in [-0.25, -0.2) is 13.1 Å². The largest absolute Gasteiger partial charge is 0.383 e. The number of nitrogens with zero attached hydrogens (tertiary/aromatic N) is 1. The van der Waals surface area contributed by atoms with Crippen LogP contribution in [0.1, 0.15) is 19.4 Å². The van der Waals surface area contributed by atoms with Crippen molar-refractivity contribution in [2.75, 3.05) is 32.6 Å². The van der Waals surface area contributed by atoms with Crippen molar-refractivity contribution in [2.24, 2.45) is 4.99 Å². The Hall–Kier alpha value is -0.910. The van der Waals surface area contributed by atoms with E-state index in [4.69, 9.17) is 4.74 Å². The van der Waals surface area contributed by atoms with Crippen LogP contribution in [0.5, 0.6) is 0 Å². The number of methoxy groups -OCH3 is 1. The van der Waals surface area contributed by atoms with E-state index in [-0.39, 0.29) is 48.9 Å². The lowest BCUT2D eigenvalue weighted by Gasteiger charge is -2.17. The first kappa shape index (κ1) is 24.1. The minimum Gasteiger partial charge on any atom is -0.383 e. The number of guanidine groups is 1. The number of rotatable bonds is 10. The molecule has 0 bridgehead atoms. The van der Waals surface area contributed by atoms with Crippen molar-refractivity contribution >= 4 is 40.0 Å². The molecule has 25 heavy (non-hydrogen) atoms. The summed E-state index contributed by atoms with van der Waals surface area (Å²) in [5, 5.41) is 6.25. The molecule has 0 fully saturated rings. The quantitative estimate of drug-likeness (QED) is 0.265. The van der Waals surface area contributed by atoms with Crippen molar-refractivity contribution in [1.29, 1.82) is 0 Å². The second-order valence-electron chi connectivity index (χ2n) is 5.39. The molecule has 1 atom stereocenters. The van der Waals surface area contributed by atoms with Crippen LogP contribution in [0.25, 0.3) is 0 Å². The fraction of sp³-hybridized carbons (Fsp3) is 0.562. The van der Waals surface area contributed by atoms with E-state index in [2.05, 4.69) is 20.3 Å². The van der Waals surface area contributed by atoms with Gasteiger partial charge in [-0.15, -0.1) is 24.0 Å². The van der Waals surface area contributed by atoms with Crippen LogP contribution in [-0.2, 0) is 21.3 Å². The van der Waals surface area contributed by atoms with Crippen molar-refractivity contribution in [3.8, 4) is 0 Å². The molecular weight excluding hydrogens is 455 g/mol. The average Bonchev–Trinajstić information content (AvgIpc) is 2.54. The van der Waals surface area contributed by atoms with Crippen LogP contribution in [0.15, 0.2) is 35.3 Å². The molecule has 0 aliphatic rings. The standard InChI is InChI=1S/C16H28N4O3S.HI/c1-4-17-16(20-14(2)13-23-3)18-10-11-24(21,22)19-12-15-8-6-5-7-9-15;/h5-9,14,19H,4,10-13H2,1-3H3,(H2,17,18,20);1H. The molecule has 1 aromatic rings. The van der Waals surface area contributed by atoms with Gasteiger partial charge in [-0.05, 0) is 19.4 Å². The Bertz CT molecular complexity index is 597. The van der Waals surface area contributed by atoms with Gasteiger partial charge in [0.05, 0.1) is 18.9 Å². The normalized spacial score (nSPS) is 13.0. The maximum Gasteiger partial charge on any atom is 0.213 e. The van der Waals surface area contributed by atoms with E-state index in [0.29, 0.717) is 19.1 Å². The van der Waals surface area contributed by atoms with E-state index >= 15 is 0 Å². The lowest BCUT2D eigenvalue weighted by molar-refractivity contribution is 0.179. The fourth-order valence-electron chi connectivity index (χ4n) is 1.98. The molecule has 1 rings (SSSR count). The summed E-state index contributed by atoms with van der Waals surface area (Å²) in [6.07, 6.45) is 0. The molecule has 1 unspecified atom stereocenters. The molecule has 7 nitrogen and oxygen atoms in total. The summed E-state index contributed by atoms with van der Waals surface area (Å²) < 4.78 is 31.7. The summed E-state index contributed by atoms with van der Waals surface area (Å²) in [7, 11) is -1.73. The van der Waals surface area contributed by atoms with Crippen molar-refractivity contribution in [3.05, 3.63) is 35.9 Å². The maximum absolute atomic E-state index is 12.0. The van der Waals surface area contributed by atoms with Crippen molar-refractivity contribution in [1.82, 2.24) is 15.4 Å². The van der Waals surface area contributed by atoms with Gasteiger partial charge in [0.25, 0.3) is 0 Å². The predicted octanol–water partition coefficient (Wildman–Crippen LogP) is 1.31. The monoisotopic (exact) mass is 484 g/mol. The van der Waals surface area contributed by atoms with Gasteiger partial charge < -0.3 is 15.4 Å². The van der Waals surface area contributed by atoms with E-state index in [0.717, 1.165) is 5.56 Å². The highest BCUT2D eigenvalue weighted by atomic mass is 127. The Morgan fingerprint density at radius 2 is 1.96 bits per heavy atom. The van der Waals surface area contributed by atoms with E-state index < -0.39 is 10.0 Å². The van der Waals surface area contributed by atoms with Gasteiger partial charge in [0.1, 0.15) is 0 Å². The van der Waals surface area contributed by atoms with Crippen LogP contribution >= 0.6 is 24.0 Å². The van der Waals surface area contributed by atoms with Gasteiger partial charge in [0.2, 0.25) is 10.0 Å². The third kappa shape index (κ3) is 11.3. The zero-order valence-corrected chi connectivity index (χ0v) is 18.1. The van der Waals surface area contributed by atoms with Crippen LogP contribution in [0, 0.1) is 0 Å². The van der Waals surface area contributed by atoms with Crippen LogP contribution < -0.4 is 15.4 Å². The van der Waals surface area contributed by atoms with E-state index in [1.165, 1.54) is 0 Å². The van der Waals surface area contributed by atoms with Crippen molar-refractivity contribution < 1.29 is 13.2 Å². The van der Waals surface area contributed by atoms with Gasteiger partial charge >= 0.3 is 0 Å². The lowest BCUT2D eigenvalue weighted by atomic mass is 10.2. The first-order valence-corrected chi connectivity index (χ1v) is 9.67. The van der Waals surface area contributed by atoms with Gasteiger partial charge in [-0.3, -0.25) is 4.99 Å². The summed E-state index contributed by atoms with van der Waals surface area (Å²) in [6.45, 7) is 5.63. The fourth-order valence-corrected chi connectivity index (χ4v) is 2.85. The Morgan fingerprint density at radius 3 is 2.56 bits per heavy atom. The second-order valence-corrected chi connectivity index (χ2v) is 7.31. The molecule has 0 spiro atoms. The summed E-state index contributed by atoms with van der Waals surface area (Å²) in [6, 6.07) is 9.50. The van der Waals surface area contributed by atoms with Gasteiger partial charge in [0, 0.05) is 26.2 Å². The topological polar surface area (TPSA) is 91.8 Å². The minimum absolute atomic E-state index is 0. The molecule has 0 radical (unpaired) electrons. The molecule has 0 aromatic heterocycles. The van der Waals surface area contributed by atoms with Gasteiger partial charge in [-0.2, -0.15) is 0 Å². The van der Waals surface area contributed by atoms with Crippen LogP contribution in [0.4, 0.5) is 0 Å². The van der Waals surface area contributed by atoms with Crippen molar-refractivity contribution in [3.63, 3.8) is 0 Å². The number of halogens is 1. The average molecular weight is 484 g/mol. The molecule has 0 saturated heterocycles.